The molecule has 16 heavy (non-hydrogen) atoms. The van der Waals surface area contributed by atoms with E-state index in [9.17, 15) is 4.79 Å². The largest absolute Gasteiger partial charge is 0.521 e. The number of carbonyl (C=O) groups is 1. The van der Waals surface area contributed by atoms with Crippen LogP contribution in [0, 0.1) is 11.8 Å². The van der Waals surface area contributed by atoms with Gasteiger partial charge in [0.05, 0.1) is 0 Å². The van der Waals surface area contributed by atoms with Gasteiger partial charge in [-0.25, -0.2) is 4.79 Å². The van der Waals surface area contributed by atoms with Gasteiger partial charge in [0, 0.05) is 5.57 Å². The summed E-state index contributed by atoms with van der Waals surface area (Å²) in [4.78, 5) is 11.4. The van der Waals surface area contributed by atoms with E-state index in [1.54, 1.807) is 6.92 Å². The van der Waals surface area contributed by atoms with Crippen LogP contribution in [0.2, 0.25) is 5.54 Å². The highest BCUT2D eigenvalue weighted by Crippen LogP contribution is 2.30. The second-order valence-electron chi connectivity index (χ2n) is 4.81. The molecule has 0 spiro atoms. The minimum atomic E-state index is -0.792. The Labute approximate surface area is 102 Å². The molecule has 2 unspecified atom stereocenters. The molecule has 0 heterocycles. The Hall–Kier alpha value is -0.573. The summed E-state index contributed by atoms with van der Waals surface area (Å²) in [5.41, 5.74) is 1.11. The molecule has 0 aliphatic rings. The Morgan fingerprint density at radius 1 is 1.25 bits per heavy atom. The molecular weight excluding hydrogens is 216 g/mol. The Morgan fingerprint density at radius 2 is 1.69 bits per heavy atom. The molecule has 0 aromatic carbocycles. The molecular formula is C13H26O2Si. The quantitative estimate of drug-likeness (QED) is 0.506. The van der Waals surface area contributed by atoms with E-state index in [4.69, 9.17) is 4.43 Å². The lowest BCUT2D eigenvalue weighted by Gasteiger charge is -2.27. The van der Waals surface area contributed by atoms with Gasteiger partial charge in [-0.05, 0) is 24.3 Å². The van der Waals surface area contributed by atoms with Crippen molar-refractivity contribution in [2.45, 2.75) is 53.0 Å². The van der Waals surface area contributed by atoms with Crippen molar-refractivity contribution in [3.63, 3.8) is 0 Å². The summed E-state index contributed by atoms with van der Waals surface area (Å²) in [6.45, 7) is 14.2. The lowest BCUT2D eigenvalue weighted by atomic mass is 9.93. The first-order valence-electron chi connectivity index (χ1n) is 6.26. The van der Waals surface area contributed by atoms with E-state index in [2.05, 4.69) is 34.3 Å². The van der Waals surface area contributed by atoms with Crippen LogP contribution < -0.4 is 0 Å². The van der Waals surface area contributed by atoms with Gasteiger partial charge in [-0.3, -0.25) is 0 Å². The van der Waals surface area contributed by atoms with Gasteiger partial charge in [0.2, 0.25) is 9.76 Å². The van der Waals surface area contributed by atoms with Gasteiger partial charge in [0.15, 0.2) is 0 Å². The molecule has 0 saturated carbocycles. The van der Waals surface area contributed by atoms with E-state index in [-0.39, 0.29) is 5.97 Å². The molecule has 0 aromatic heterocycles. The van der Waals surface area contributed by atoms with E-state index >= 15 is 0 Å². The molecule has 0 bridgehead atoms. The second-order valence-corrected chi connectivity index (χ2v) is 6.38. The van der Waals surface area contributed by atoms with Crippen molar-refractivity contribution in [2.24, 2.45) is 11.8 Å². The molecule has 0 aromatic rings. The monoisotopic (exact) mass is 242 g/mol. The summed E-state index contributed by atoms with van der Waals surface area (Å²) < 4.78 is 5.41. The van der Waals surface area contributed by atoms with Gasteiger partial charge >= 0.3 is 5.97 Å². The SMILES string of the molecule is C=C(C)C(=O)O[SiH2]C(C(C)CC)C(C)CC. The van der Waals surface area contributed by atoms with Crippen LogP contribution in [0.1, 0.15) is 47.5 Å². The van der Waals surface area contributed by atoms with Crippen molar-refractivity contribution in [1.82, 2.24) is 0 Å². The van der Waals surface area contributed by atoms with E-state index in [1.807, 2.05) is 0 Å². The van der Waals surface area contributed by atoms with Crippen LogP contribution in [-0.2, 0) is 9.22 Å². The van der Waals surface area contributed by atoms with Crippen LogP contribution in [0.3, 0.4) is 0 Å². The summed E-state index contributed by atoms with van der Waals surface area (Å²) in [5, 5.41) is 0. The first-order chi connectivity index (χ1) is 7.43. The minimum absolute atomic E-state index is 0.205. The van der Waals surface area contributed by atoms with Crippen LogP contribution in [0.5, 0.6) is 0 Å². The molecule has 0 N–H and O–H groups in total. The molecule has 0 radical (unpaired) electrons. The number of carbonyl (C=O) groups excluding carboxylic acids is 1. The molecule has 0 fully saturated rings. The molecule has 94 valence electrons. The molecule has 0 aliphatic carbocycles. The zero-order chi connectivity index (χ0) is 12.7. The van der Waals surface area contributed by atoms with Crippen molar-refractivity contribution >= 4 is 15.7 Å². The fourth-order valence-electron chi connectivity index (χ4n) is 1.79. The lowest BCUT2D eigenvalue weighted by molar-refractivity contribution is -0.130. The number of hydrogen-bond donors (Lipinski definition) is 0. The standard InChI is InChI=1S/C13H26O2Si/c1-7-10(5)12(11(6)8-2)16-15-13(14)9(3)4/h10-12H,3,7-8,16H2,1-2,4-6H3. The molecule has 2 nitrogen and oxygen atoms in total. The van der Waals surface area contributed by atoms with Crippen LogP contribution >= 0.6 is 0 Å². The third kappa shape index (κ3) is 4.97. The summed E-state index contributed by atoms with van der Waals surface area (Å²) in [6, 6.07) is 0. The summed E-state index contributed by atoms with van der Waals surface area (Å²) in [7, 11) is -0.792. The van der Waals surface area contributed by atoms with Crippen molar-refractivity contribution in [1.29, 1.82) is 0 Å². The van der Waals surface area contributed by atoms with Crippen LogP contribution in [0.4, 0.5) is 0 Å². The van der Waals surface area contributed by atoms with Gasteiger partial charge in [-0.15, -0.1) is 0 Å². The molecule has 0 rings (SSSR count). The highest BCUT2D eigenvalue weighted by atomic mass is 28.2. The van der Waals surface area contributed by atoms with E-state index in [0.717, 1.165) is 12.8 Å². The maximum absolute atomic E-state index is 11.4. The van der Waals surface area contributed by atoms with Crippen LogP contribution in [0.25, 0.3) is 0 Å². The van der Waals surface area contributed by atoms with Crippen LogP contribution in [-0.4, -0.2) is 15.7 Å². The Balaban J connectivity index is 4.32. The summed E-state index contributed by atoms with van der Waals surface area (Å²) in [6.07, 6.45) is 2.32. The maximum atomic E-state index is 11.4. The first-order valence-corrected chi connectivity index (χ1v) is 7.65. The Morgan fingerprint density at radius 3 is 2.00 bits per heavy atom. The van der Waals surface area contributed by atoms with Crippen molar-refractivity contribution in [2.75, 3.05) is 0 Å². The van der Waals surface area contributed by atoms with Crippen molar-refractivity contribution in [3.05, 3.63) is 12.2 Å². The average Bonchev–Trinajstić information content (AvgIpc) is 2.27. The lowest BCUT2D eigenvalue weighted by Crippen LogP contribution is -2.24. The Bertz CT molecular complexity index is 228. The first kappa shape index (κ1) is 15.4. The smallest absolute Gasteiger partial charge is 0.319 e. The molecule has 0 saturated heterocycles. The van der Waals surface area contributed by atoms with E-state index in [0.29, 0.717) is 23.0 Å². The summed E-state index contributed by atoms with van der Waals surface area (Å²) >= 11 is 0. The van der Waals surface area contributed by atoms with E-state index < -0.39 is 9.76 Å². The molecule has 2 atom stereocenters. The molecule has 0 amide bonds. The van der Waals surface area contributed by atoms with E-state index in [1.165, 1.54) is 0 Å². The molecule has 3 heteroatoms. The number of hydrogen-bond acceptors (Lipinski definition) is 2. The fourth-order valence-corrected chi connectivity index (χ4v) is 3.70. The highest BCUT2D eigenvalue weighted by molar-refractivity contribution is 6.33. The normalized spacial score (nSPS) is 17.1. The highest BCUT2D eigenvalue weighted by Gasteiger charge is 2.24. The third-order valence-electron chi connectivity index (χ3n) is 3.51. The minimum Gasteiger partial charge on any atom is -0.521 e. The maximum Gasteiger partial charge on any atom is 0.319 e. The van der Waals surface area contributed by atoms with Crippen molar-refractivity contribution < 1.29 is 9.22 Å². The predicted molar refractivity (Wildman–Crippen MR) is 72.1 cm³/mol. The van der Waals surface area contributed by atoms with Gasteiger partial charge in [-0.1, -0.05) is 47.1 Å². The Kier molecular flexibility index (Phi) is 7.39. The topological polar surface area (TPSA) is 26.3 Å². The second kappa shape index (κ2) is 7.66. The average molecular weight is 242 g/mol. The third-order valence-corrected chi connectivity index (χ3v) is 5.93. The fraction of sp³-hybridized carbons (Fsp3) is 0.769. The predicted octanol–water partition coefficient (Wildman–Crippen LogP) is 3.07. The zero-order valence-corrected chi connectivity index (χ0v) is 12.8. The van der Waals surface area contributed by atoms with Crippen molar-refractivity contribution in [3.8, 4) is 0 Å². The molecule has 0 aliphatic heterocycles. The number of rotatable bonds is 7. The zero-order valence-electron chi connectivity index (χ0n) is 11.4. The van der Waals surface area contributed by atoms with Crippen LogP contribution in [0.15, 0.2) is 12.2 Å². The van der Waals surface area contributed by atoms with Gasteiger partial charge < -0.3 is 4.43 Å². The van der Waals surface area contributed by atoms with Gasteiger partial charge in [-0.2, -0.15) is 0 Å². The van der Waals surface area contributed by atoms with Gasteiger partial charge in [0.1, 0.15) is 0 Å². The van der Waals surface area contributed by atoms with Gasteiger partial charge in [0.25, 0.3) is 0 Å². The summed E-state index contributed by atoms with van der Waals surface area (Å²) in [5.74, 6) is 1.10.